The summed E-state index contributed by atoms with van der Waals surface area (Å²) < 4.78 is 32.8. The zero-order valence-electron chi connectivity index (χ0n) is 22.1. The number of aryl methyl sites for hydroxylation is 2. The van der Waals surface area contributed by atoms with Crippen LogP contribution in [0.3, 0.4) is 0 Å². The molecule has 0 unspecified atom stereocenters. The molecule has 1 radical (unpaired) electrons. The van der Waals surface area contributed by atoms with Gasteiger partial charge in [-0.25, -0.2) is 4.79 Å². The van der Waals surface area contributed by atoms with Crippen molar-refractivity contribution in [2.75, 3.05) is 16.5 Å². The van der Waals surface area contributed by atoms with Gasteiger partial charge in [-0.1, -0.05) is 24.3 Å². The number of carbonyl (C=O) groups is 1. The Morgan fingerprint density at radius 3 is 2.40 bits per heavy atom. The van der Waals surface area contributed by atoms with Crippen LogP contribution in [0.25, 0.3) is 0 Å². The quantitative estimate of drug-likeness (QED) is 0.0284. The predicted molar refractivity (Wildman–Crippen MR) is 154 cm³/mol. The minimum absolute atomic E-state index is 0. The number of phenolic OH excluding ortho intramolecular Hbond substituents is 1. The summed E-state index contributed by atoms with van der Waals surface area (Å²) in [6.07, 6.45) is 0. The van der Waals surface area contributed by atoms with Crippen LogP contribution in [0.1, 0.15) is 27.0 Å². The van der Waals surface area contributed by atoms with Crippen molar-refractivity contribution in [1.82, 2.24) is 15.0 Å². The van der Waals surface area contributed by atoms with Crippen LogP contribution in [0.15, 0.2) is 74.8 Å². The maximum absolute atomic E-state index is 12.0. The number of nitrogens with zero attached hydrogens (tertiary/aromatic N) is 6. The molecule has 18 heteroatoms. The van der Waals surface area contributed by atoms with E-state index in [0.29, 0.717) is 11.1 Å². The molecule has 0 aliphatic carbocycles. The second kappa shape index (κ2) is 13.5. The van der Waals surface area contributed by atoms with Gasteiger partial charge in [0, 0.05) is 28.3 Å². The number of azo groups is 1. The number of hydrazone groups is 1. The number of nitrogen functional groups attached to an aromatic ring is 1. The Balaban J connectivity index is 0.00000506. The summed E-state index contributed by atoms with van der Waals surface area (Å²) in [5.41, 5.74) is 9.64. The molecule has 7 N–H and O–H groups in total. The third-order valence-electron chi connectivity index (χ3n) is 5.53. The summed E-state index contributed by atoms with van der Waals surface area (Å²) in [6, 6.07) is 13.6. The van der Waals surface area contributed by atoms with Gasteiger partial charge in [0.05, 0.1) is 11.3 Å². The number of hydrogen-bond donors (Lipinski definition) is 6. The Hall–Kier alpha value is -4.67. The zero-order chi connectivity index (χ0) is 30.6. The molecule has 0 spiro atoms. The molecule has 0 aliphatic rings. The predicted octanol–water partition coefficient (Wildman–Crippen LogP) is 4.67. The van der Waals surface area contributed by atoms with Gasteiger partial charge in [0.1, 0.15) is 10.6 Å². The Kier molecular flexibility index (Phi) is 10.3. The summed E-state index contributed by atoms with van der Waals surface area (Å²) in [7, 11) is -4.73. The molecule has 0 fully saturated rings. The summed E-state index contributed by atoms with van der Waals surface area (Å²) >= 11 is 5.79. The SMILES string of the molecule is Cc1cc(N/N=C(\N=Nc2ccc(Nc3nc(N)nc(Cl)n3)cc2C(=O)O)c2ccccc2C)c(O)c(S(=O)(=O)O)c1.[Cu]. The van der Waals surface area contributed by atoms with Crippen LogP contribution in [0.2, 0.25) is 5.28 Å². The molecule has 0 saturated heterocycles. The Morgan fingerprint density at radius 1 is 1.02 bits per heavy atom. The van der Waals surface area contributed by atoms with Crippen molar-refractivity contribution in [2.24, 2.45) is 15.3 Å². The van der Waals surface area contributed by atoms with Gasteiger partial charge in [-0.15, -0.1) is 10.2 Å². The van der Waals surface area contributed by atoms with Gasteiger partial charge in [-0.05, 0) is 66.9 Å². The van der Waals surface area contributed by atoms with E-state index in [1.807, 2.05) is 0 Å². The average molecular weight is 676 g/mol. The fraction of sp³-hybridized carbons (Fsp3) is 0.0800. The number of nitrogens with one attached hydrogen (secondary N) is 2. The van der Waals surface area contributed by atoms with Crippen molar-refractivity contribution in [3.8, 4) is 5.75 Å². The summed E-state index contributed by atoms with van der Waals surface area (Å²) in [5, 5.41) is 35.3. The van der Waals surface area contributed by atoms with Crippen LogP contribution in [0.4, 0.5) is 29.0 Å². The molecular weight excluding hydrogens is 653 g/mol. The number of carboxylic acids is 1. The minimum atomic E-state index is -4.73. The first-order valence-corrected chi connectivity index (χ1v) is 13.6. The van der Waals surface area contributed by atoms with Crippen molar-refractivity contribution in [1.29, 1.82) is 0 Å². The van der Waals surface area contributed by atoms with Crippen LogP contribution in [-0.4, -0.2) is 49.9 Å². The van der Waals surface area contributed by atoms with E-state index < -0.39 is 26.7 Å². The van der Waals surface area contributed by atoms with Crippen LogP contribution >= 0.6 is 11.6 Å². The maximum atomic E-state index is 12.0. The van der Waals surface area contributed by atoms with Crippen molar-refractivity contribution >= 4 is 62.5 Å². The standard InChI is InChI=1S/C25H22ClN9O6S.Cu/c1-12-9-18(20(36)19(10-12)42(39,40)41)33-35-21(15-6-4-3-5-13(15)2)34-32-17-8-7-14(11-16(17)22(37)38)28-25-30-23(26)29-24(27)31-25;/h3-11,33,36H,1-2H3,(H,37,38)(H,39,40,41)(H3,27,28,29,30,31);/b34-32?,35-21-;. The van der Waals surface area contributed by atoms with E-state index in [1.165, 1.54) is 24.3 Å². The number of halogens is 1. The molecule has 0 atom stereocenters. The molecule has 4 aromatic rings. The number of amidine groups is 1. The molecule has 0 aliphatic heterocycles. The van der Waals surface area contributed by atoms with Gasteiger partial charge < -0.3 is 21.3 Å². The third kappa shape index (κ3) is 8.21. The number of anilines is 4. The molecule has 3 aromatic carbocycles. The third-order valence-corrected chi connectivity index (χ3v) is 6.56. The van der Waals surface area contributed by atoms with Gasteiger partial charge >= 0.3 is 5.97 Å². The van der Waals surface area contributed by atoms with Crippen LogP contribution < -0.4 is 16.5 Å². The fourth-order valence-electron chi connectivity index (χ4n) is 3.62. The first-order chi connectivity index (χ1) is 19.8. The Bertz CT molecular complexity index is 1850. The first-order valence-electron chi connectivity index (χ1n) is 11.8. The number of carboxylic acid groups (broad SMARTS) is 1. The molecule has 0 saturated carbocycles. The van der Waals surface area contributed by atoms with Crippen molar-refractivity contribution in [3.63, 3.8) is 0 Å². The molecule has 227 valence electrons. The maximum Gasteiger partial charge on any atom is 0.338 e. The number of aromatic carboxylic acids is 1. The number of phenols is 1. The van der Waals surface area contributed by atoms with Crippen molar-refractivity contribution < 1.29 is 45.0 Å². The van der Waals surface area contributed by atoms with Gasteiger partial charge in [-0.2, -0.15) is 28.5 Å². The van der Waals surface area contributed by atoms with E-state index in [2.05, 4.69) is 41.0 Å². The number of rotatable bonds is 8. The van der Waals surface area contributed by atoms with Gasteiger partial charge in [-0.3, -0.25) is 9.98 Å². The van der Waals surface area contributed by atoms with E-state index in [1.54, 1.807) is 38.1 Å². The van der Waals surface area contributed by atoms with Crippen molar-refractivity contribution in [3.05, 3.63) is 82.1 Å². The number of hydrogen-bond acceptors (Lipinski definition) is 12. The van der Waals surface area contributed by atoms with E-state index in [4.69, 9.17) is 17.3 Å². The van der Waals surface area contributed by atoms with Crippen molar-refractivity contribution in [2.45, 2.75) is 18.7 Å². The van der Waals surface area contributed by atoms with Gasteiger partial charge in [0.15, 0.2) is 5.75 Å². The number of benzene rings is 3. The smallest absolute Gasteiger partial charge is 0.338 e. The minimum Gasteiger partial charge on any atom is -0.504 e. The van der Waals surface area contributed by atoms with Crippen LogP contribution in [0, 0.1) is 13.8 Å². The topological polar surface area (TPSA) is 238 Å². The molecule has 0 bridgehead atoms. The number of aromatic hydroxyl groups is 1. The molecule has 0 amide bonds. The van der Waals surface area contributed by atoms with E-state index in [0.717, 1.165) is 11.6 Å². The number of aromatic nitrogens is 3. The van der Waals surface area contributed by atoms with Gasteiger partial charge in [0.2, 0.25) is 23.0 Å². The monoisotopic (exact) mass is 674 g/mol. The molecule has 43 heavy (non-hydrogen) atoms. The number of nitrogens with two attached hydrogens (primary N) is 1. The normalized spacial score (nSPS) is 11.7. The van der Waals surface area contributed by atoms with Crippen LogP contribution in [0.5, 0.6) is 5.75 Å². The summed E-state index contributed by atoms with van der Waals surface area (Å²) in [6.45, 7) is 3.34. The summed E-state index contributed by atoms with van der Waals surface area (Å²) in [5.74, 6) is -2.24. The second-order valence-electron chi connectivity index (χ2n) is 8.64. The zero-order valence-corrected chi connectivity index (χ0v) is 24.6. The largest absolute Gasteiger partial charge is 0.504 e. The van der Waals surface area contributed by atoms with E-state index >= 15 is 0 Å². The van der Waals surface area contributed by atoms with Crippen LogP contribution in [-0.2, 0) is 27.2 Å². The second-order valence-corrected chi connectivity index (χ2v) is 10.4. The fourth-order valence-corrected chi connectivity index (χ4v) is 4.48. The molecule has 4 rings (SSSR count). The van der Waals surface area contributed by atoms with E-state index in [9.17, 15) is 28.0 Å². The molecule has 15 nitrogen and oxygen atoms in total. The molecule has 1 heterocycles. The van der Waals surface area contributed by atoms with Gasteiger partial charge in [0.25, 0.3) is 10.1 Å². The molecule has 1 aromatic heterocycles. The van der Waals surface area contributed by atoms with E-state index in [-0.39, 0.29) is 62.7 Å². The Labute approximate surface area is 260 Å². The Morgan fingerprint density at radius 2 is 1.74 bits per heavy atom. The average Bonchev–Trinajstić information content (AvgIpc) is 2.90. The summed E-state index contributed by atoms with van der Waals surface area (Å²) in [4.78, 5) is 22.8. The molecular formula is C25H22ClCuN9O6S. The first kappa shape index (κ1) is 32.8.